The van der Waals surface area contributed by atoms with Gasteiger partial charge in [0.15, 0.2) is 0 Å². The predicted molar refractivity (Wildman–Crippen MR) is 110 cm³/mol. The molecule has 0 heterocycles. The number of nitrogens with one attached hydrogen (secondary N) is 2. The van der Waals surface area contributed by atoms with E-state index in [1.165, 1.54) is 45.7 Å². The second kappa shape index (κ2) is 9.99. The number of methoxy groups -OCH3 is 3. The van der Waals surface area contributed by atoms with Crippen LogP contribution in [0.15, 0.2) is 42.1 Å². The Hall–Kier alpha value is -3.97. The molecule has 11 heteroatoms. The highest BCUT2D eigenvalue weighted by Crippen LogP contribution is 2.36. The molecule has 156 valence electrons. The first-order valence-electron chi connectivity index (χ1n) is 8.26. The zero-order valence-electron chi connectivity index (χ0n) is 16.2. The minimum Gasteiger partial charge on any atom is -0.495 e. The Balaban J connectivity index is 2.26. The molecule has 2 aromatic rings. The van der Waals surface area contributed by atoms with Crippen molar-refractivity contribution in [1.82, 2.24) is 0 Å². The van der Waals surface area contributed by atoms with Gasteiger partial charge in [0.25, 0.3) is 11.6 Å². The number of nitro groups is 1. The number of carbonyl (C=O) groups is 1. The number of anilines is 2. The first-order valence-corrected chi connectivity index (χ1v) is 8.64. The van der Waals surface area contributed by atoms with Crippen LogP contribution in [0.3, 0.4) is 0 Å². The topological polar surface area (TPSA) is 136 Å². The summed E-state index contributed by atoms with van der Waals surface area (Å²) in [5, 5.41) is 25.8. The number of nitriles is 1. The van der Waals surface area contributed by atoms with Crippen molar-refractivity contribution >= 4 is 34.6 Å². The number of amides is 1. The Morgan fingerprint density at radius 3 is 2.30 bits per heavy atom. The van der Waals surface area contributed by atoms with E-state index in [0.29, 0.717) is 22.2 Å². The van der Waals surface area contributed by atoms with Gasteiger partial charge in [-0.1, -0.05) is 11.6 Å². The van der Waals surface area contributed by atoms with E-state index < -0.39 is 10.8 Å². The molecule has 0 unspecified atom stereocenters. The fraction of sp³-hybridized carbons (Fsp3) is 0.158. The van der Waals surface area contributed by atoms with Gasteiger partial charge in [0, 0.05) is 24.4 Å². The Kier molecular flexibility index (Phi) is 7.44. The number of non-ortho nitro benzene ring substituents is 1. The van der Waals surface area contributed by atoms with Gasteiger partial charge in [-0.3, -0.25) is 14.9 Å². The molecule has 0 bridgehead atoms. The second-order valence-electron chi connectivity index (χ2n) is 5.60. The summed E-state index contributed by atoms with van der Waals surface area (Å²) >= 11 is 6.05. The van der Waals surface area contributed by atoms with Crippen LogP contribution in [0.4, 0.5) is 17.1 Å². The van der Waals surface area contributed by atoms with Crippen molar-refractivity contribution in [3.05, 3.63) is 57.2 Å². The van der Waals surface area contributed by atoms with Gasteiger partial charge in [-0.2, -0.15) is 5.26 Å². The average Bonchev–Trinajstić information content (AvgIpc) is 2.74. The molecule has 0 aliphatic rings. The molecule has 0 atom stereocenters. The van der Waals surface area contributed by atoms with E-state index in [-0.39, 0.29) is 22.7 Å². The predicted octanol–water partition coefficient (Wildman–Crippen LogP) is 3.73. The van der Waals surface area contributed by atoms with Crippen LogP contribution in [-0.4, -0.2) is 32.2 Å². The number of halogens is 1. The molecule has 0 aliphatic carbocycles. The van der Waals surface area contributed by atoms with Crippen LogP contribution in [-0.2, 0) is 4.79 Å². The molecule has 30 heavy (non-hydrogen) atoms. The lowest BCUT2D eigenvalue weighted by Gasteiger charge is -2.12. The molecule has 1 amide bonds. The highest BCUT2D eigenvalue weighted by molar-refractivity contribution is 6.32. The molecule has 0 saturated heterocycles. The maximum absolute atomic E-state index is 12.5. The van der Waals surface area contributed by atoms with E-state index in [0.717, 1.165) is 6.07 Å². The number of nitro benzene ring substituents is 1. The minimum absolute atomic E-state index is 0.0758. The van der Waals surface area contributed by atoms with Crippen molar-refractivity contribution in [2.75, 3.05) is 32.0 Å². The number of nitrogens with zero attached hydrogens (tertiary/aromatic N) is 2. The molecule has 2 rings (SSSR count). The van der Waals surface area contributed by atoms with Gasteiger partial charge in [-0.15, -0.1) is 0 Å². The fourth-order valence-electron chi connectivity index (χ4n) is 2.36. The van der Waals surface area contributed by atoms with Gasteiger partial charge in [-0.05, 0) is 6.07 Å². The molecule has 10 nitrogen and oxygen atoms in total. The molecule has 0 spiro atoms. The standard InChI is InChI=1S/C19H17ClN4O6/c1-28-16-8-15(18(30-3)7-13(16)20)22-10-11(9-21)19(25)23-14-5-4-12(24(26)27)6-17(14)29-2/h4-8,10,22H,1-3H3,(H,23,25)/b11-10-. The quantitative estimate of drug-likeness (QED) is 0.278. The summed E-state index contributed by atoms with van der Waals surface area (Å²) in [6.45, 7) is 0. The number of ether oxygens (including phenoxy) is 3. The van der Waals surface area contributed by atoms with Gasteiger partial charge in [0.05, 0.1) is 48.7 Å². The molecule has 0 saturated carbocycles. The molecule has 2 aromatic carbocycles. The van der Waals surface area contributed by atoms with E-state index >= 15 is 0 Å². The van der Waals surface area contributed by atoms with Crippen LogP contribution in [0.25, 0.3) is 0 Å². The fourth-order valence-corrected chi connectivity index (χ4v) is 2.59. The SMILES string of the molecule is COc1cc(N/C=C(/C#N)C(=O)Nc2ccc([N+](=O)[O-])cc2OC)c(OC)cc1Cl. The van der Waals surface area contributed by atoms with Crippen molar-refractivity contribution in [2.45, 2.75) is 0 Å². The van der Waals surface area contributed by atoms with Gasteiger partial charge >= 0.3 is 0 Å². The average molecular weight is 433 g/mol. The Morgan fingerprint density at radius 2 is 1.73 bits per heavy atom. The van der Waals surface area contributed by atoms with E-state index in [1.54, 1.807) is 12.1 Å². The van der Waals surface area contributed by atoms with Crippen LogP contribution < -0.4 is 24.8 Å². The monoisotopic (exact) mass is 432 g/mol. The molecule has 0 fully saturated rings. The van der Waals surface area contributed by atoms with Crippen LogP contribution in [0.5, 0.6) is 17.2 Å². The lowest BCUT2D eigenvalue weighted by atomic mass is 10.2. The minimum atomic E-state index is -0.753. The first-order chi connectivity index (χ1) is 14.3. The summed E-state index contributed by atoms with van der Waals surface area (Å²) in [7, 11) is 4.18. The molecular weight excluding hydrogens is 416 g/mol. The second-order valence-corrected chi connectivity index (χ2v) is 6.00. The van der Waals surface area contributed by atoms with E-state index in [1.807, 2.05) is 0 Å². The summed E-state index contributed by atoms with van der Waals surface area (Å²) < 4.78 is 15.4. The van der Waals surface area contributed by atoms with Crippen molar-refractivity contribution < 1.29 is 23.9 Å². The summed E-state index contributed by atoms with van der Waals surface area (Å²) in [4.78, 5) is 22.8. The van der Waals surface area contributed by atoms with Gasteiger partial charge in [-0.25, -0.2) is 0 Å². The Morgan fingerprint density at radius 1 is 1.10 bits per heavy atom. The molecular formula is C19H17ClN4O6. The molecule has 0 radical (unpaired) electrons. The highest BCUT2D eigenvalue weighted by atomic mass is 35.5. The summed E-state index contributed by atoms with van der Waals surface area (Å²) in [5.74, 6) is 0.0580. The first kappa shape index (κ1) is 22.3. The van der Waals surface area contributed by atoms with Crippen LogP contribution in [0, 0.1) is 21.4 Å². The number of rotatable bonds is 8. The normalized spacial score (nSPS) is 10.6. The lowest BCUT2D eigenvalue weighted by molar-refractivity contribution is -0.384. The zero-order valence-corrected chi connectivity index (χ0v) is 16.9. The zero-order chi connectivity index (χ0) is 22.3. The van der Waals surface area contributed by atoms with E-state index in [4.69, 9.17) is 25.8 Å². The van der Waals surface area contributed by atoms with E-state index in [9.17, 15) is 20.2 Å². The van der Waals surface area contributed by atoms with Gasteiger partial charge in [0.1, 0.15) is 28.9 Å². The molecule has 0 aliphatic heterocycles. The summed E-state index contributed by atoms with van der Waals surface area (Å²) in [5.41, 5.74) is 0.102. The highest BCUT2D eigenvalue weighted by Gasteiger charge is 2.16. The summed E-state index contributed by atoms with van der Waals surface area (Å²) in [6, 6.07) is 8.52. The van der Waals surface area contributed by atoms with Crippen molar-refractivity contribution in [2.24, 2.45) is 0 Å². The lowest BCUT2D eigenvalue weighted by Crippen LogP contribution is -2.15. The number of carbonyl (C=O) groups excluding carboxylic acids is 1. The van der Waals surface area contributed by atoms with Crippen molar-refractivity contribution in [3.63, 3.8) is 0 Å². The van der Waals surface area contributed by atoms with Gasteiger partial charge in [0.2, 0.25) is 0 Å². The third kappa shape index (κ3) is 5.09. The maximum atomic E-state index is 12.5. The molecule has 0 aromatic heterocycles. The number of hydrogen-bond acceptors (Lipinski definition) is 8. The van der Waals surface area contributed by atoms with Crippen LogP contribution in [0.2, 0.25) is 5.02 Å². The Bertz CT molecular complexity index is 1050. The third-order valence-corrected chi connectivity index (χ3v) is 4.15. The van der Waals surface area contributed by atoms with Gasteiger partial charge < -0.3 is 24.8 Å². The number of benzene rings is 2. The Labute approximate surface area is 176 Å². The van der Waals surface area contributed by atoms with Crippen molar-refractivity contribution in [3.8, 4) is 23.3 Å². The van der Waals surface area contributed by atoms with Crippen molar-refractivity contribution in [1.29, 1.82) is 5.26 Å². The van der Waals surface area contributed by atoms with E-state index in [2.05, 4.69) is 10.6 Å². The maximum Gasteiger partial charge on any atom is 0.273 e. The van der Waals surface area contributed by atoms with Crippen LogP contribution in [0.1, 0.15) is 0 Å². The molecule has 2 N–H and O–H groups in total. The summed E-state index contributed by atoms with van der Waals surface area (Å²) in [6.07, 6.45) is 1.18. The smallest absolute Gasteiger partial charge is 0.273 e. The largest absolute Gasteiger partial charge is 0.495 e. The van der Waals surface area contributed by atoms with Crippen LogP contribution >= 0.6 is 11.6 Å². The third-order valence-electron chi connectivity index (χ3n) is 3.86. The number of hydrogen-bond donors (Lipinski definition) is 2.